The minimum Gasteiger partial charge on any atom is -0.370 e. The maximum atomic E-state index is 11.5. The number of nitrogens with zero attached hydrogens (tertiary/aromatic N) is 2. The molecule has 0 aliphatic carbocycles. The summed E-state index contributed by atoms with van der Waals surface area (Å²) in [4.78, 5) is 15.6. The van der Waals surface area contributed by atoms with E-state index >= 15 is 0 Å². The topological polar surface area (TPSA) is 35.6 Å². The number of hydrogen-bond donors (Lipinski definition) is 1. The molecule has 1 N–H and O–H groups in total. The molecule has 0 unspecified atom stereocenters. The van der Waals surface area contributed by atoms with Gasteiger partial charge in [-0.3, -0.25) is 0 Å². The summed E-state index contributed by atoms with van der Waals surface area (Å²) in [6, 6.07) is 10.7. The average Bonchev–Trinajstić information content (AvgIpc) is 2.87. The maximum absolute atomic E-state index is 11.5. The lowest BCUT2D eigenvalue weighted by molar-refractivity contribution is 0.210. The van der Waals surface area contributed by atoms with Crippen molar-refractivity contribution in [3.8, 4) is 0 Å². The van der Waals surface area contributed by atoms with Gasteiger partial charge in [0.05, 0.1) is 0 Å². The predicted octanol–water partition coefficient (Wildman–Crippen LogP) is 1.54. The van der Waals surface area contributed by atoms with E-state index in [1.54, 1.807) is 7.05 Å². The summed E-state index contributed by atoms with van der Waals surface area (Å²) < 4.78 is 0. The highest BCUT2D eigenvalue weighted by Crippen LogP contribution is 2.20. The first-order chi connectivity index (χ1) is 8.22. The molecule has 17 heavy (non-hydrogen) atoms. The second-order valence-corrected chi connectivity index (χ2v) is 4.39. The number of hydrogen-bond acceptors (Lipinski definition) is 2. The number of nitrogens with one attached hydrogen (secondary N) is 1. The predicted molar refractivity (Wildman–Crippen MR) is 69.3 cm³/mol. The lowest BCUT2D eigenvalue weighted by atomic mass is 10.2. The van der Waals surface area contributed by atoms with Gasteiger partial charge in [0.25, 0.3) is 0 Å². The highest BCUT2D eigenvalue weighted by Gasteiger charge is 2.28. The van der Waals surface area contributed by atoms with E-state index < -0.39 is 0 Å². The summed E-state index contributed by atoms with van der Waals surface area (Å²) in [6.45, 7) is 1.63. The van der Waals surface area contributed by atoms with Crippen LogP contribution in [0.3, 0.4) is 0 Å². The van der Waals surface area contributed by atoms with Gasteiger partial charge in [-0.2, -0.15) is 0 Å². The third-order valence-corrected chi connectivity index (χ3v) is 3.38. The number of para-hydroxylation sites is 1. The monoisotopic (exact) mass is 233 g/mol. The minimum atomic E-state index is 0.0222. The Kier molecular flexibility index (Phi) is 3.52. The molecule has 0 bridgehead atoms. The molecule has 1 aliphatic rings. The molecule has 4 heteroatoms. The lowest BCUT2D eigenvalue weighted by Crippen LogP contribution is -2.40. The van der Waals surface area contributed by atoms with Crippen LogP contribution in [-0.2, 0) is 0 Å². The second kappa shape index (κ2) is 5.08. The second-order valence-electron chi connectivity index (χ2n) is 4.39. The van der Waals surface area contributed by atoms with Crippen molar-refractivity contribution in [2.75, 3.05) is 32.1 Å². The van der Waals surface area contributed by atoms with Gasteiger partial charge in [0, 0.05) is 38.9 Å². The van der Waals surface area contributed by atoms with Crippen LogP contribution in [0.2, 0.25) is 0 Å². The maximum Gasteiger partial charge on any atom is 0.317 e. The van der Waals surface area contributed by atoms with Gasteiger partial charge in [-0.1, -0.05) is 18.2 Å². The van der Waals surface area contributed by atoms with Gasteiger partial charge in [0.1, 0.15) is 0 Å². The fourth-order valence-corrected chi connectivity index (χ4v) is 2.27. The summed E-state index contributed by atoms with van der Waals surface area (Å²) >= 11 is 0. The highest BCUT2D eigenvalue weighted by molar-refractivity contribution is 5.74. The van der Waals surface area contributed by atoms with Gasteiger partial charge in [-0.25, -0.2) is 4.79 Å². The Hall–Kier alpha value is -1.71. The fraction of sp³-hybridized carbons (Fsp3) is 0.462. The van der Waals surface area contributed by atoms with Crippen molar-refractivity contribution in [3.63, 3.8) is 0 Å². The van der Waals surface area contributed by atoms with Gasteiger partial charge in [-0.15, -0.1) is 0 Å². The van der Waals surface area contributed by atoms with Crippen molar-refractivity contribution in [3.05, 3.63) is 30.3 Å². The van der Waals surface area contributed by atoms with E-state index in [4.69, 9.17) is 0 Å². The molecule has 0 radical (unpaired) electrons. The van der Waals surface area contributed by atoms with E-state index in [1.165, 1.54) is 5.69 Å². The van der Waals surface area contributed by atoms with Gasteiger partial charge < -0.3 is 15.1 Å². The Labute approximate surface area is 102 Å². The molecular weight excluding hydrogens is 214 g/mol. The average molecular weight is 233 g/mol. The number of amides is 2. The van der Waals surface area contributed by atoms with Gasteiger partial charge in [0.2, 0.25) is 0 Å². The molecule has 1 aromatic rings. The third kappa shape index (κ3) is 2.52. The first kappa shape index (κ1) is 11.8. The molecule has 1 saturated heterocycles. The van der Waals surface area contributed by atoms with Gasteiger partial charge in [-0.05, 0) is 18.6 Å². The van der Waals surface area contributed by atoms with E-state index in [0.29, 0.717) is 6.04 Å². The highest BCUT2D eigenvalue weighted by atomic mass is 16.2. The summed E-state index contributed by atoms with van der Waals surface area (Å²) in [5, 5.41) is 2.67. The van der Waals surface area contributed by atoms with Crippen molar-refractivity contribution in [1.29, 1.82) is 0 Å². The number of likely N-dealkylation sites (tertiary alicyclic amines) is 1. The Morgan fingerprint density at radius 1 is 1.41 bits per heavy atom. The van der Waals surface area contributed by atoms with Crippen LogP contribution in [0.5, 0.6) is 0 Å². The number of benzene rings is 1. The van der Waals surface area contributed by atoms with E-state index in [0.717, 1.165) is 19.5 Å². The quantitative estimate of drug-likeness (QED) is 0.841. The molecule has 0 spiro atoms. The molecule has 1 atom stereocenters. The number of rotatable bonds is 2. The van der Waals surface area contributed by atoms with Crippen molar-refractivity contribution >= 4 is 11.7 Å². The van der Waals surface area contributed by atoms with Crippen molar-refractivity contribution < 1.29 is 4.79 Å². The smallest absolute Gasteiger partial charge is 0.317 e. The molecule has 1 heterocycles. The van der Waals surface area contributed by atoms with E-state index in [9.17, 15) is 4.79 Å². The van der Waals surface area contributed by atoms with Crippen molar-refractivity contribution in [2.24, 2.45) is 0 Å². The Bertz CT molecular complexity index is 380. The molecule has 1 aromatic carbocycles. The van der Waals surface area contributed by atoms with Crippen LogP contribution in [0.15, 0.2) is 30.3 Å². The minimum absolute atomic E-state index is 0.0222. The summed E-state index contributed by atoms with van der Waals surface area (Å²) in [5.74, 6) is 0. The number of anilines is 1. The molecular formula is C13H19N3O. The number of carbonyl (C=O) groups excluding carboxylic acids is 1. The summed E-state index contributed by atoms with van der Waals surface area (Å²) in [6.07, 6.45) is 1.03. The molecule has 2 amide bonds. The number of carbonyl (C=O) groups is 1. The number of likely N-dealkylation sites (N-methyl/N-ethyl adjacent to an activating group) is 1. The van der Waals surface area contributed by atoms with Crippen LogP contribution in [0.1, 0.15) is 6.42 Å². The zero-order valence-corrected chi connectivity index (χ0v) is 10.4. The molecule has 0 aromatic heterocycles. The molecule has 1 aliphatic heterocycles. The van der Waals surface area contributed by atoms with Crippen LogP contribution >= 0.6 is 0 Å². The SMILES string of the molecule is CNC(=O)N1CC[C@H](N(C)c2ccccc2)C1. The van der Waals surface area contributed by atoms with Crippen LogP contribution in [-0.4, -0.2) is 44.2 Å². The van der Waals surface area contributed by atoms with E-state index in [-0.39, 0.29) is 6.03 Å². The fourth-order valence-electron chi connectivity index (χ4n) is 2.27. The normalized spacial score (nSPS) is 19.2. The molecule has 0 saturated carbocycles. The first-order valence-corrected chi connectivity index (χ1v) is 5.97. The first-order valence-electron chi connectivity index (χ1n) is 5.97. The Morgan fingerprint density at radius 3 is 2.76 bits per heavy atom. The largest absolute Gasteiger partial charge is 0.370 e. The van der Waals surface area contributed by atoms with Crippen molar-refractivity contribution in [1.82, 2.24) is 10.2 Å². The summed E-state index contributed by atoms with van der Waals surface area (Å²) in [5.41, 5.74) is 1.20. The van der Waals surface area contributed by atoms with Crippen LogP contribution < -0.4 is 10.2 Å². The zero-order valence-electron chi connectivity index (χ0n) is 10.4. The van der Waals surface area contributed by atoms with Gasteiger partial charge >= 0.3 is 6.03 Å². The van der Waals surface area contributed by atoms with Crippen LogP contribution in [0.25, 0.3) is 0 Å². The standard InChI is InChI=1S/C13H19N3O/c1-14-13(17)16-9-8-12(10-16)15(2)11-6-4-3-5-7-11/h3-7,12H,8-10H2,1-2H3,(H,14,17)/t12-/m0/s1. The summed E-state index contributed by atoms with van der Waals surface area (Å²) in [7, 11) is 3.77. The van der Waals surface area contributed by atoms with Gasteiger partial charge in [0.15, 0.2) is 0 Å². The third-order valence-electron chi connectivity index (χ3n) is 3.38. The Morgan fingerprint density at radius 2 is 2.12 bits per heavy atom. The number of urea groups is 1. The zero-order chi connectivity index (χ0) is 12.3. The van der Waals surface area contributed by atoms with Crippen molar-refractivity contribution in [2.45, 2.75) is 12.5 Å². The van der Waals surface area contributed by atoms with E-state index in [1.807, 2.05) is 23.1 Å². The Balaban J connectivity index is 1.99. The molecule has 2 rings (SSSR count). The van der Waals surface area contributed by atoms with Crippen LogP contribution in [0, 0.1) is 0 Å². The van der Waals surface area contributed by atoms with E-state index in [2.05, 4.69) is 29.4 Å². The molecule has 1 fully saturated rings. The molecule has 92 valence electrons. The van der Waals surface area contributed by atoms with Crippen LogP contribution in [0.4, 0.5) is 10.5 Å². The lowest BCUT2D eigenvalue weighted by Gasteiger charge is -2.26. The molecule has 4 nitrogen and oxygen atoms in total.